The van der Waals surface area contributed by atoms with Crippen LogP contribution in [0.5, 0.6) is 5.75 Å². The summed E-state index contributed by atoms with van der Waals surface area (Å²) < 4.78 is 0. The molecule has 3 rings (SSSR count). The molecule has 0 unspecified atom stereocenters. The lowest BCUT2D eigenvalue weighted by atomic mass is 10.1. The predicted molar refractivity (Wildman–Crippen MR) is 86.5 cm³/mol. The SMILES string of the molecule is O=C(O)c1ccc(CSc2ccc(O)c3ccccc23)s1. The van der Waals surface area contributed by atoms with Gasteiger partial charge in [-0.15, -0.1) is 23.1 Å². The molecule has 0 bridgehead atoms. The maximum absolute atomic E-state index is 10.9. The van der Waals surface area contributed by atoms with Crippen LogP contribution in [0.4, 0.5) is 0 Å². The van der Waals surface area contributed by atoms with E-state index in [9.17, 15) is 9.90 Å². The highest BCUT2D eigenvalue weighted by atomic mass is 32.2. The first kappa shape index (κ1) is 14.0. The molecular weight excluding hydrogens is 304 g/mol. The molecule has 1 heterocycles. The number of hydrogen-bond donors (Lipinski definition) is 2. The van der Waals surface area contributed by atoms with Gasteiger partial charge in [-0.25, -0.2) is 4.79 Å². The van der Waals surface area contributed by atoms with E-state index in [4.69, 9.17) is 5.11 Å². The Labute approximate surface area is 129 Å². The summed E-state index contributed by atoms with van der Waals surface area (Å²) in [6, 6.07) is 14.8. The van der Waals surface area contributed by atoms with Crippen molar-refractivity contribution in [1.29, 1.82) is 0 Å². The van der Waals surface area contributed by atoms with E-state index in [1.807, 2.05) is 36.4 Å². The van der Waals surface area contributed by atoms with Gasteiger partial charge in [-0.2, -0.15) is 0 Å². The van der Waals surface area contributed by atoms with E-state index in [0.717, 1.165) is 20.5 Å². The number of phenols is 1. The van der Waals surface area contributed by atoms with E-state index in [1.54, 1.807) is 23.9 Å². The summed E-state index contributed by atoms with van der Waals surface area (Å²) in [7, 11) is 0. The number of aromatic carboxylic acids is 1. The lowest BCUT2D eigenvalue weighted by molar-refractivity contribution is 0.0702. The minimum Gasteiger partial charge on any atom is -0.507 e. The minimum absolute atomic E-state index is 0.277. The van der Waals surface area contributed by atoms with Crippen molar-refractivity contribution in [2.45, 2.75) is 10.6 Å². The standard InChI is InChI=1S/C16H12O3S2/c17-13-6-8-14(12-4-2-1-3-11(12)13)20-9-10-5-7-15(21-10)16(18)19/h1-8,17H,9H2,(H,18,19). The van der Waals surface area contributed by atoms with Crippen LogP contribution < -0.4 is 0 Å². The number of thiophene rings is 1. The predicted octanol–water partition coefficient (Wildman–Crippen LogP) is 4.60. The Morgan fingerprint density at radius 2 is 1.81 bits per heavy atom. The summed E-state index contributed by atoms with van der Waals surface area (Å²) in [5.74, 6) is 0.109. The van der Waals surface area contributed by atoms with Gasteiger partial charge in [-0.05, 0) is 29.7 Å². The van der Waals surface area contributed by atoms with Crippen LogP contribution in [-0.2, 0) is 5.75 Å². The van der Waals surface area contributed by atoms with Gasteiger partial charge in [0.15, 0.2) is 0 Å². The lowest BCUT2D eigenvalue weighted by Gasteiger charge is -2.07. The van der Waals surface area contributed by atoms with E-state index in [0.29, 0.717) is 10.6 Å². The molecule has 0 aliphatic heterocycles. The van der Waals surface area contributed by atoms with Gasteiger partial charge >= 0.3 is 5.97 Å². The van der Waals surface area contributed by atoms with Crippen LogP contribution >= 0.6 is 23.1 Å². The third-order valence-corrected chi connectivity index (χ3v) is 5.48. The molecule has 0 amide bonds. The fraction of sp³-hybridized carbons (Fsp3) is 0.0625. The fourth-order valence-electron chi connectivity index (χ4n) is 2.10. The molecule has 3 nitrogen and oxygen atoms in total. The van der Waals surface area contributed by atoms with Crippen LogP contribution in [-0.4, -0.2) is 16.2 Å². The first-order valence-corrected chi connectivity index (χ1v) is 8.11. The number of phenolic OH excluding ortho intramolecular Hbond substituents is 1. The topological polar surface area (TPSA) is 57.5 Å². The number of carboxylic acid groups (broad SMARTS) is 1. The van der Waals surface area contributed by atoms with E-state index >= 15 is 0 Å². The summed E-state index contributed by atoms with van der Waals surface area (Å²) in [6.45, 7) is 0. The summed E-state index contributed by atoms with van der Waals surface area (Å²) in [5, 5.41) is 20.6. The quantitative estimate of drug-likeness (QED) is 0.691. The van der Waals surface area contributed by atoms with Gasteiger partial charge in [0.2, 0.25) is 0 Å². The molecule has 106 valence electrons. The van der Waals surface area contributed by atoms with E-state index in [-0.39, 0.29) is 5.75 Å². The van der Waals surface area contributed by atoms with E-state index < -0.39 is 5.97 Å². The lowest BCUT2D eigenvalue weighted by Crippen LogP contribution is -1.89. The van der Waals surface area contributed by atoms with Gasteiger partial charge in [-0.1, -0.05) is 24.3 Å². The molecule has 0 aliphatic carbocycles. The van der Waals surface area contributed by atoms with Crippen molar-refractivity contribution in [3.63, 3.8) is 0 Å². The van der Waals surface area contributed by atoms with Crippen molar-refractivity contribution < 1.29 is 15.0 Å². The van der Waals surface area contributed by atoms with Crippen molar-refractivity contribution in [1.82, 2.24) is 0 Å². The van der Waals surface area contributed by atoms with Crippen LogP contribution in [0.15, 0.2) is 53.4 Å². The largest absolute Gasteiger partial charge is 0.507 e. The molecule has 0 saturated carbocycles. The molecule has 3 aromatic rings. The highest BCUT2D eigenvalue weighted by Crippen LogP contribution is 2.35. The molecule has 0 fully saturated rings. The van der Waals surface area contributed by atoms with Crippen molar-refractivity contribution in [2.24, 2.45) is 0 Å². The summed E-state index contributed by atoms with van der Waals surface area (Å²) >= 11 is 2.94. The van der Waals surface area contributed by atoms with Crippen molar-refractivity contribution in [3.05, 3.63) is 58.3 Å². The smallest absolute Gasteiger partial charge is 0.345 e. The van der Waals surface area contributed by atoms with E-state index in [2.05, 4.69) is 0 Å². The zero-order chi connectivity index (χ0) is 14.8. The molecule has 2 N–H and O–H groups in total. The number of hydrogen-bond acceptors (Lipinski definition) is 4. The van der Waals surface area contributed by atoms with Gasteiger partial charge in [0.1, 0.15) is 10.6 Å². The van der Waals surface area contributed by atoms with Crippen LogP contribution in [0.3, 0.4) is 0 Å². The molecule has 0 radical (unpaired) electrons. The summed E-state index contributed by atoms with van der Waals surface area (Å²) in [6.07, 6.45) is 0. The normalized spacial score (nSPS) is 10.9. The molecule has 1 aromatic heterocycles. The molecule has 2 aromatic carbocycles. The minimum atomic E-state index is -0.883. The van der Waals surface area contributed by atoms with Crippen molar-refractivity contribution >= 4 is 39.8 Å². The van der Waals surface area contributed by atoms with Gasteiger partial charge in [0.25, 0.3) is 0 Å². The second-order valence-corrected chi connectivity index (χ2v) is 6.67. The fourth-order valence-corrected chi connectivity index (χ4v) is 4.05. The van der Waals surface area contributed by atoms with Crippen LogP contribution in [0.2, 0.25) is 0 Å². The Balaban J connectivity index is 1.85. The average molecular weight is 316 g/mol. The number of thioether (sulfide) groups is 1. The molecule has 0 spiro atoms. The first-order valence-electron chi connectivity index (χ1n) is 6.30. The molecule has 0 atom stereocenters. The Kier molecular flexibility index (Phi) is 3.86. The first-order chi connectivity index (χ1) is 10.1. The summed E-state index contributed by atoms with van der Waals surface area (Å²) in [4.78, 5) is 13.3. The maximum Gasteiger partial charge on any atom is 0.345 e. The Morgan fingerprint density at radius 1 is 1.05 bits per heavy atom. The van der Waals surface area contributed by atoms with Gasteiger partial charge in [-0.3, -0.25) is 0 Å². The third-order valence-electron chi connectivity index (χ3n) is 3.10. The van der Waals surface area contributed by atoms with E-state index in [1.165, 1.54) is 11.3 Å². The van der Waals surface area contributed by atoms with Crippen LogP contribution in [0, 0.1) is 0 Å². The van der Waals surface area contributed by atoms with Gasteiger partial charge in [0, 0.05) is 20.9 Å². The number of aromatic hydroxyl groups is 1. The molecule has 0 aliphatic rings. The monoisotopic (exact) mass is 316 g/mol. The Bertz CT molecular complexity index is 808. The Hall–Kier alpha value is -1.98. The van der Waals surface area contributed by atoms with Crippen LogP contribution in [0.1, 0.15) is 14.5 Å². The molecule has 21 heavy (non-hydrogen) atoms. The maximum atomic E-state index is 10.9. The average Bonchev–Trinajstić information content (AvgIpc) is 2.96. The number of carbonyl (C=O) groups is 1. The molecule has 5 heteroatoms. The molecular formula is C16H12O3S2. The number of rotatable bonds is 4. The Morgan fingerprint density at radius 3 is 2.52 bits per heavy atom. The number of benzene rings is 2. The number of fused-ring (bicyclic) bond motifs is 1. The highest BCUT2D eigenvalue weighted by molar-refractivity contribution is 7.98. The van der Waals surface area contributed by atoms with Crippen molar-refractivity contribution in [3.8, 4) is 5.75 Å². The summed E-state index contributed by atoms with van der Waals surface area (Å²) in [5.41, 5.74) is 0. The zero-order valence-electron chi connectivity index (χ0n) is 10.9. The van der Waals surface area contributed by atoms with Gasteiger partial charge in [0.05, 0.1) is 0 Å². The zero-order valence-corrected chi connectivity index (χ0v) is 12.6. The van der Waals surface area contributed by atoms with Crippen LogP contribution in [0.25, 0.3) is 10.8 Å². The number of carboxylic acids is 1. The highest BCUT2D eigenvalue weighted by Gasteiger charge is 2.09. The van der Waals surface area contributed by atoms with Crippen molar-refractivity contribution in [2.75, 3.05) is 0 Å². The second-order valence-electron chi connectivity index (χ2n) is 4.49. The van der Waals surface area contributed by atoms with Gasteiger partial charge < -0.3 is 10.2 Å². The second kappa shape index (κ2) is 5.79. The molecule has 0 saturated heterocycles. The third kappa shape index (κ3) is 2.89.